The minimum absolute atomic E-state index is 0.00874. The van der Waals surface area contributed by atoms with Crippen LogP contribution in [0.15, 0.2) is 48.0 Å². The van der Waals surface area contributed by atoms with Gasteiger partial charge in [-0.15, -0.1) is 0 Å². The number of Topliss-reactive ketones (excluding diaryl/α,β-unsaturated/α-hetero) is 1. The molecule has 2 aromatic rings. The van der Waals surface area contributed by atoms with E-state index >= 15 is 0 Å². The Balaban J connectivity index is 1.48. The van der Waals surface area contributed by atoms with Crippen LogP contribution in [0.2, 0.25) is 0 Å². The van der Waals surface area contributed by atoms with Crippen LogP contribution in [0.3, 0.4) is 0 Å². The molecule has 2 aromatic carbocycles. The highest BCUT2D eigenvalue weighted by molar-refractivity contribution is 6.50. The van der Waals surface area contributed by atoms with Gasteiger partial charge in [0.2, 0.25) is 0 Å². The van der Waals surface area contributed by atoms with Crippen LogP contribution in [0.25, 0.3) is 5.76 Å². The van der Waals surface area contributed by atoms with Crippen molar-refractivity contribution in [3.63, 3.8) is 0 Å². The molecule has 2 amide bonds. The monoisotopic (exact) mass is 531 g/mol. The average Bonchev–Trinajstić information content (AvgIpc) is 3.52. The molecule has 9 nitrogen and oxygen atoms in total. The molecule has 0 saturated carbocycles. The summed E-state index contributed by atoms with van der Waals surface area (Å²) in [6, 6.07) is 12.5. The lowest BCUT2D eigenvalue weighted by molar-refractivity contribution is -0.143. The van der Waals surface area contributed by atoms with Crippen molar-refractivity contribution in [2.75, 3.05) is 50.8 Å². The molecule has 1 N–H and O–H groups in total. The highest BCUT2D eigenvalue weighted by atomic mass is 16.5. The van der Waals surface area contributed by atoms with Gasteiger partial charge in [0.1, 0.15) is 17.6 Å². The summed E-state index contributed by atoms with van der Waals surface area (Å²) in [7, 11) is 0. The molecule has 2 fully saturated rings. The number of likely N-dealkylation sites (N-methyl/N-ethyl adjacent to an activating group) is 1. The second-order valence-electron chi connectivity index (χ2n) is 10.5. The van der Waals surface area contributed by atoms with Crippen LogP contribution >= 0.6 is 0 Å². The van der Waals surface area contributed by atoms with E-state index < -0.39 is 23.1 Å². The third-order valence-electron chi connectivity index (χ3n) is 8.25. The second-order valence-corrected chi connectivity index (χ2v) is 10.5. The third-order valence-corrected chi connectivity index (χ3v) is 8.25. The first-order valence-electron chi connectivity index (χ1n) is 13.7. The van der Waals surface area contributed by atoms with Crippen molar-refractivity contribution in [3.05, 3.63) is 64.7 Å². The smallest absolute Gasteiger partial charge is 0.296 e. The Bertz CT molecular complexity index is 1380. The zero-order valence-electron chi connectivity index (χ0n) is 22.3. The summed E-state index contributed by atoms with van der Waals surface area (Å²) in [5.74, 6) is -1.61. The molecular weight excluding hydrogens is 498 g/mol. The van der Waals surface area contributed by atoms with Gasteiger partial charge in [0, 0.05) is 50.3 Å². The molecule has 0 bridgehead atoms. The number of rotatable bonds is 6. The van der Waals surface area contributed by atoms with Crippen LogP contribution in [0.1, 0.15) is 37.0 Å². The Hall–Kier alpha value is -3.69. The topological polar surface area (TPSA) is 99.6 Å². The van der Waals surface area contributed by atoms with Gasteiger partial charge in [-0.2, -0.15) is 0 Å². The number of ketones is 1. The molecule has 4 heterocycles. The molecular formula is C30H33N3O6. The lowest BCUT2D eigenvalue weighted by Crippen LogP contribution is -2.52. The number of amides is 2. The first kappa shape index (κ1) is 25.6. The fourth-order valence-electron chi connectivity index (χ4n) is 6.47. The number of carbonyl (C=O) groups excluding carboxylic acids is 3. The van der Waals surface area contributed by atoms with Crippen LogP contribution in [-0.4, -0.2) is 84.5 Å². The maximum atomic E-state index is 14.3. The molecule has 0 radical (unpaired) electrons. The van der Waals surface area contributed by atoms with E-state index in [1.165, 1.54) is 4.90 Å². The molecule has 4 aliphatic heterocycles. The number of anilines is 1. The van der Waals surface area contributed by atoms with Gasteiger partial charge < -0.3 is 24.4 Å². The van der Waals surface area contributed by atoms with E-state index in [0.717, 1.165) is 24.4 Å². The molecule has 2 atom stereocenters. The van der Waals surface area contributed by atoms with Crippen LogP contribution < -0.4 is 9.64 Å². The molecule has 1 spiro atoms. The minimum atomic E-state index is -1.72. The van der Waals surface area contributed by atoms with Gasteiger partial charge in [-0.05, 0) is 50.1 Å². The summed E-state index contributed by atoms with van der Waals surface area (Å²) in [5, 5.41) is 11.7. The molecule has 0 aromatic heterocycles. The number of hydrogen-bond donors (Lipinski definition) is 1. The molecule has 204 valence electrons. The van der Waals surface area contributed by atoms with E-state index in [4.69, 9.17) is 9.47 Å². The number of aliphatic hydroxyl groups is 1. The number of morpholine rings is 1. The molecule has 2 saturated heterocycles. The molecule has 39 heavy (non-hydrogen) atoms. The second kappa shape index (κ2) is 9.81. The van der Waals surface area contributed by atoms with Gasteiger partial charge >= 0.3 is 0 Å². The SMILES string of the molecule is CCN1C(=O)C2(/C(=C(/O)c3ccc4c(c3)CC(C)O4)C(=O)C(=O)N2CCCN2CCOCC2)c2ccccc21. The fraction of sp³-hybridized carbons (Fsp3) is 0.433. The predicted molar refractivity (Wildman–Crippen MR) is 145 cm³/mol. The van der Waals surface area contributed by atoms with Crippen LogP contribution in [0, 0.1) is 0 Å². The molecule has 4 aliphatic rings. The number of para-hydroxylation sites is 1. The Morgan fingerprint density at radius 3 is 2.62 bits per heavy atom. The maximum Gasteiger partial charge on any atom is 0.296 e. The summed E-state index contributed by atoms with van der Waals surface area (Å²) in [6.45, 7) is 8.02. The maximum absolute atomic E-state index is 14.3. The number of ether oxygens (including phenoxy) is 2. The van der Waals surface area contributed by atoms with Crippen LogP contribution in [0.4, 0.5) is 5.69 Å². The van der Waals surface area contributed by atoms with Crippen molar-refractivity contribution in [2.24, 2.45) is 0 Å². The van der Waals surface area contributed by atoms with Crippen molar-refractivity contribution in [1.82, 2.24) is 9.80 Å². The molecule has 9 heteroatoms. The Morgan fingerprint density at radius 2 is 1.85 bits per heavy atom. The van der Waals surface area contributed by atoms with E-state index in [9.17, 15) is 19.5 Å². The van der Waals surface area contributed by atoms with Crippen molar-refractivity contribution in [1.29, 1.82) is 0 Å². The first-order valence-corrected chi connectivity index (χ1v) is 13.7. The van der Waals surface area contributed by atoms with Gasteiger partial charge in [0.25, 0.3) is 17.6 Å². The number of benzene rings is 2. The highest BCUT2D eigenvalue weighted by Crippen LogP contribution is 2.53. The molecule has 2 unspecified atom stereocenters. The Labute approximate surface area is 227 Å². The lowest BCUT2D eigenvalue weighted by Gasteiger charge is -2.35. The van der Waals surface area contributed by atoms with Gasteiger partial charge in [0.05, 0.1) is 24.5 Å². The summed E-state index contributed by atoms with van der Waals surface area (Å²) in [4.78, 5) is 47.0. The number of hydrogen-bond acceptors (Lipinski definition) is 7. The van der Waals surface area contributed by atoms with Crippen LogP contribution in [0.5, 0.6) is 5.75 Å². The van der Waals surface area contributed by atoms with Gasteiger partial charge in [-0.25, -0.2) is 0 Å². The van der Waals surface area contributed by atoms with Crippen LogP contribution in [-0.2, 0) is 31.1 Å². The summed E-state index contributed by atoms with van der Waals surface area (Å²) >= 11 is 0. The molecule has 0 aliphatic carbocycles. The van der Waals surface area contributed by atoms with E-state index in [2.05, 4.69) is 4.90 Å². The first-order chi connectivity index (χ1) is 18.9. The number of likely N-dealkylation sites (tertiary alicyclic amines) is 1. The average molecular weight is 532 g/mol. The number of fused-ring (bicyclic) bond motifs is 3. The van der Waals surface area contributed by atoms with E-state index in [0.29, 0.717) is 56.0 Å². The molecule has 6 rings (SSSR count). The summed E-state index contributed by atoms with van der Waals surface area (Å²) in [6.07, 6.45) is 1.25. The van der Waals surface area contributed by atoms with Gasteiger partial charge in [-0.1, -0.05) is 18.2 Å². The Kier molecular flexibility index (Phi) is 6.43. The number of nitrogens with zero attached hydrogens (tertiary/aromatic N) is 3. The van der Waals surface area contributed by atoms with E-state index in [1.807, 2.05) is 26.0 Å². The summed E-state index contributed by atoms with van der Waals surface area (Å²) in [5.41, 5.74) is 0.595. The van der Waals surface area contributed by atoms with Crippen molar-refractivity contribution in [3.8, 4) is 5.75 Å². The number of aliphatic hydroxyl groups excluding tert-OH is 1. The summed E-state index contributed by atoms with van der Waals surface area (Å²) < 4.78 is 11.2. The minimum Gasteiger partial charge on any atom is -0.507 e. The largest absolute Gasteiger partial charge is 0.507 e. The number of carbonyl (C=O) groups is 3. The van der Waals surface area contributed by atoms with Crippen molar-refractivity contribution in [2.45, 2.75) is 38.3 Å². The van der Waals surface area contributed by atoms with E-state index in [1.54, 1.807) is 35.2 Å². The lowest BCUT2D eigenvalue weighted by atomic mass is 9.81. The Morgan fingerprint density at radius 1 is 1.08 bits per heavy atom. The van der Waals surface area contributed by atoms with Gasteiger partial charge in [0.15, 0.2) is 5.54 Å². The zero-order valence-corrected chi connectivity index (χ0v) is 22.3. The standard InChI is InChI=1S/C30H33N3O6/c1-3-32-23-8-5-4-7-22(23)30(29(32)37)25(26(34)20-9-10-24-21(18-20)17-19(2)39-24)27(35)28(36)33(30)12-6-11-31-13-15-38-16-14-31/h4-5,7-10,18-19,34H,3,6,11-17H2,1-2H3/b26-25+. The fourth-order valence-corrected chi connectivity index (χ4v) is 6.47. The normalized spacial score (nSPS) is 25.9. The van der Waals surface area contributed by atoms with Gasteiger partial charge in [-0.3, -0.25) is 19.3 Å². The third kappa shape index (κ3) is 3.86. The predicted octanol–water partition coefficient (Wildman–Crippen LogP) is 2.67. The zero-order chi connectivity index (χ0) is 27.3. The highest BCUT2D eigenvalue weighted by Gasteiger charge is 2.66. The van der Waals surface area contributed by atoms with Crippen molar-refractivity contribution >= 4 is 29.0 Å². The van der Waals surface area contributed by atoms with Crippen molar-refractivity contribution < 1.29 is 29.0 Å². The van der Waals surface area contributed by atoms with E-state index in [-0.39, 0.29) is 24.0 Å². The quantitative estimate of drug-likeness (QED) is 0.348.